The molecule has 68 heavy (non-hydrogen) atoms. The van der Waals surface area contributed by atoms with E-state index in [1.807, 2.05) is 44.2 Å². The highest BCUT2D eigenvalue weighted by Crippen LogP contribution is 2.31. The zero-order valence-electron chi connectivity index (χ0n) is 43.7. The van der Waals surface area contributed by atoms with E-state index in [9.17, 15) is 4.79 Å². The van der Waals surface area contributed by atoms with Gasteiger partial charge in [-0.15, -0.1) is 0 Å². The van der Waals surface area contributed by atoms with E-state index in [4.69, 9.17) is 33.9 Å². The van der Waals surface area contributed by atoms with Crippen molar-refractivity contribution in [3.63, 3.8) is 0 Å². The molecule has 0 radical (unpaired) electrons. The van der Waals surface area contributed by atoms with Crippen molar-refractivity contribution in [3.8, 4) is 11.5 Å². The SMILES string of the molecule is C1CCC1.C=CC=O.C=CC=O.CC.CCCCCCCOC.COCCc1ccc(OC)c(C=N)c1.Cc1ccc(C=C2CCC2)cc1.O=Cc1ccc(OCCCCCCC2CCC2)cc1. The van der Waals surface area contributed by atoms with E-state index in [0.717, 1.165) is 60.9 Å². The lowest BCUT2D eigenvalue weighted by Crippen LogP contribution is -2.10. The maximum absolute atomic E-state index is 10.5. The van der Waals surface area contributed by atoms with Crippen LogP contribution >= 0.6 is 0 Å². The molecule has 8 heteroatoms. The lowest BCUT2D eigenvalue weighted by Gasteiger charge is -2.24. The van der Waals surface area contributed by atoms with Gasteiger partial charge in [0.2, 0.25) is 0 Å². The van der Waals surface area contributed by atoms with E-state index >= 15 is 0 Å². The van der Waals surface area contributed by atoms with Gasteiger partial charge in [0.05, 0.1) is 20.3 Å². The summed E-state index contributed by atoms with van der Waals surface area (Å²) in [6.45, 7) is 17.0. The van der Waals surface area contributed by atoms with Crippen LogP contribution in [0.5, 0.6) is 11.5 Å². The molecule has 3 fully saturated rings. The molecule has 3 aromatic rings. The summed E-state index contributed by atoms with van der Waals surface area (Å²) in [4.78, 5) is 28.6. The molecule has 3 saturated carbocycles. The molecular weight excluding hydrogens is 847 g/mol. The lowest BCUT2D eigenvalue weighted by molar-refractivity contribution is -0.104. The second kappa shape index (κ2) is 50.0. The van der Waals surface area contributed by atoms with Crippen molar-refractivity contribution in [1.29, 1.82) is 5.41 Å². The number of ether oxygens (including phenoxy) is 4. The molecule has 0 bridgehead atoms. The molecule has 0 amide bonds. The van der Waals surface area contributed by atoms with Gasteiger partial charge in [0.1, 0.15) is 30.4 Å². The molecule has 0 atom stereocenters. The smallest absolute Gasteiger partial charge is 0.150 e. The maximum Gasteiger partial charge on any atom is 0.150 e. The highest BCUT2D eigenvalue weighted by Gasteiger charge is 2.16. The summed E-state index contributed by atoms with van der Waals surface area (Å²) >= 11 is 0. The minimum atomic E-state index is 0.639. The fraction of sp³-hybridized carbons (Fsp3) is 0.533. The Hall–Kier alpha value is -4.92. The van der Waals surface area contributed by atoms with Crippen molar-refractivity contribution in [2.24, 2.45) is 5.92 Å². The van der Waals surface area contributed by atoms with Crippen LogP contribution in [-0.4, -0.2) is 66.2 Å². The molecule has 3 aromatic carbocycles. The van der Waals surface area contributed by atoms with Crippen molar-refractivity contribution in [2.75, 3.05) is 41.2 Å². The molecule has 1 N–H and O–H groups in total. The van der Waals surface area contributed by atoms with Gasteiger partial charge in [-0.1, -0.05) is 178 Å². The predicted octanol–water partition coefficient (Wildman–Crippen LogP) is 16.0. The first-order valence-electron chi connectivity index (χ1n) is 25.5. The molecule has 0 unspecified atom stereocenters. The maximum atomic E-state index is 10.5. The molecule has 0 aromatic heterocycles. The van der Waals surface area contributed by atoms with Gasteiger partial charge in [-0.3, -0.25) is 14.4 Å². The average molecular weight is 940 g/mol. The average Bonchev–Trinajstić information content (AvgIpc) is 3.33. The summed E-state index contributed by atoms with van der Waals surface area (Å²) in [6.07, 6.45) is 36.6. The van der Waals surface area contributed by atoms with Gasteiger partial charge >= 0.3 is 0 Å². The lowest BCUT2D eigenvalue weighted by atomic mass is 9.82. The molecule has 0 heterocycles. The van der Waals surface area contributed by atoms with E-state index in [1.54, 1.807) is 39.0 Å². The molecule has 8 nitrogen and oxygen atoms in total. The minimum absolute atomic E-state index is 0.639. The van der Waals surface area contributed by atoms with Crippen LogP contribution in [0.1, 0.15) is 182 Å². The summed E-state index contributed by atoms with van der Waals surface area (Å²) in [5.74, 6) is 2.65. The summed E-state index contributed by atoms with van der Waals surface area (Å²) in [7, 11) is 5.05. The van der Waals surface area contributed by atoms with Crippen molar-refractivity contribution in [1.82, 2.24) is 0 Å². The third-order valence-electron chi connectivity index (χ3n) is 11.1. The van der Waals surface area contributed by atoms with Crippen LogP contribution in [0.25, 0.3) is 6.08 Å². The van der Waals surface area contributed by atoms with Gasteiger partial charge in [0.25, 0.3) is 0 Å². The van der Waals surface area contributed by atoms with E-state index in [-0.39, 0.29) is 0 Å². The van der Waals surface area contributed by atoms with Crippen LogP contribution in [0.15, 0.2) is 97.6 Å². The number of hydrogen-bond acceptors (Lipinski definition) is 8. The number of carbonyl (C=O) groups excluding carboxylic acids is 3. The van der Waals surface area contributed by atoms with Gasteiger partial charge in [-0.25, -0.2) is 0 Å². The minimum Gasteiger partial charge on any atom is -0.496 e. The summed E-state index contributed by atoms with van der Waals surface area (Å²) in [5.41, 5.74) is 6.97. The normalized spacial score (nSPS) is 12.4. The van der Waals surface area contributed by atoms with Crippen LogP contribution in [0, 0.1) is 18.3 Å². The molecule has 6 rings (SSSR count). The molecule has 0 aliphatic heterocycles. The highest BCUT2D eigenvalue weighted by molar-refractivity contribution is 5.81. The van der Waals surface area contributed by atoms with Crippen LogP contribution in [0.2, 0.25) is 0 Å². The summed E-state index contributed by atoms with van der Waals surface area (Å²) < 4.78 is 20.7. The number of nitrogens with one attached hydrogen (secondary N) is 1. The first kappa shape index (κ1) is 65.2. The molecule has 0 saturated heterocycles. The van der Waals surface area contributed by atoms with Crippen LogP contribution in [0.3, 0.4) is 0 Å². The van der Waals surface area contributed by atoms with Crippen molar-refractivity contribution < 1.29 is 33.3 Å². The number of methoxy groups -OCH3 is 3. The van der Waals surface area contributed by atoms with Crippen molar-refractivity contribution in [3.05, 3.63) is 125 Å². The van der Waals surface area contributed by atoms with Gasteiger partial charge in [-0.2, -0.15) is 0 Å². The number of unbranched alkanes of at least 4 members (excludes halogenated alkanes) is 7. The molecule has 3 aliphatic carbocycles. The Morgan fingerprint density at radius 2 is 1.19 bits per heavy atom. The fourth-order valence-electron chi connectivity index (χ4n) is 6.30. The first-order valence-corrected chi connectivity index (χ1v) is 25.5. The second-order valence-electron chi connectivity index (χ2n) is 16.6. The van der Waals surface area contributed by atoms with E-state index in [1.165, 1.54) is 151 Å². The third kappa shape index (κ3) is 38.1. The van der Waals surface area contributed by atoms with E-state index in [0.29, 0.717) is 24.7 Å². The predicted molar refractivity (Wildman–Crippen MR) is 290 cm³/mol. The van der Waals surface area contributed by atoms with Gasteiger partial charge < -0.3 is 24.4 Å². The Labute approximate surface area is 414 Å². The van der Waals surface area contributed by atoms with Crippen LogP contribution in [-0.2, 0) is 25.5 Å². The number of carbonyl (C=O) groups is 3. The molecule has 3 aliphatic rings. The fourth-order valence-corrected chi connectivity index (χ4v) is 6.30. The Kier molecular flexibility index (Phi) is 47.9. The number of benzene rings is 3. The standard InChI is InChI=1S/C17H24O2.C12H14.C11H15NO2.C8H18O.C4H8.2C3H4O.C2H6/c18-14-16-9-11-17(12-10-16)19-13-4-2-1-3-6-15-7-5-8-15;1-10-5-7-12(8-6-10)9-11-3-2-4-11;1-13-6-5-9-3-4-11(14-2)10(7-9)8-12;1-3-4-5-6-7-8-9-2;1-2-4-3-1;2*1-2-3-4;1-2/h9-12,14-15H,1-8,13H2;5-9H,2-4H2,1H3;3-4,7-8,12H,5-6H2,1-2H3;3-8H2,1-2H3;1-4H2;2*2-3H,1H2;1-2H3. The third-order valence-corrected chi connectivity index (χ3v) is 11.1. The second-order valence-corrected chi connectivity index (χ2v) is 16.6. The summed E-state index contributed by atoms with van der Waals surface area (Å²) in [5, 5.41) is 7.23. The zero-order valence-corrected chi connectivity index (χ0v) is 43.7. The molecule has 0 spiro atoms. The quantitative estimate of drug-likeness (QED) is 0.0436. The molecule has 380 valence electrons. The Bertz CT molecular complexity index is 1630. The monoisotopic (exact) mass is 940 g/mol. The Morgan fingerprint density at radius 1 is 0.647 bits per heavy atom. The first-order chi connectivity index (χ1) is 33.3. The Balaban J connectivity index is 0. The molecular formula is C60H93NO7. The number of hydrogen-bond donors (Lipinski definition) is 1. The topological polar surface area (TPSA) is 112 Å². The van der Waals surface area contributed by atoms with Crippen molar-refractivity contribution in [2.45, 2.75) is 163 Å². The largest absolute Gasteiger partial charge is 0.496 e. The Morgan fingerprint density at radius 3 is 1.63 bits per heavy atom. The summed E-state index contributed by atoms with van der Waals surface area (Å²) in [6, 6.07) is 21.9. The van der Waals surface area contributed by atoms with E-state index in [2.05, 4.69) is 57.3 Å². The van der Waals surface area contributed by atoms with E-state index < -0.39 is 0 Å². The van der Waals surface area contributed by atoms with Gasteiger partial charge in [0, 0.05) is 38.2 Å². The van der Waals surface area contributed by atoms with Crippen LogP contribution < -0.4 is 9.47 Å². The number of aldehydes is 3. The van der Waals surface area contributed by atoms with Gasteiger partial charge in [-0.05, 0) is 111 Å². The number of rotatable bonds is 23. The number of aryl methyl sites for hydroxylation is 1. The number of allylic oxidation sites excluding steroid dienone is 3. The highest BCUT2D eigenvalue weighted by atomic mass is 16.5. The van der Waals surface area contributed by atoms with Gasteiger partial charge in [0.15, 0.2) is 0 Å². The van der Waals surface area contributed by atoms with Crippen molar-refractivity contribution >= 4 is 31.1 Å². The van der Waals surface area contributed by atoms with Crippen LogP contribution in [0.4, 0.5) is 0 Å². The zero-order chi connectivity index (χ0) is 50.7.